The van der Waals surface area contributed by atoms with E-state index in [4.69, 9.17) is 6.57 Å². The molecule has 0 unspecified atom stereocenters. The quantitative estimate of drug-likeness (QED) is 0.479. The van der Waals surface area contributed by atoms with E-state index in [1.807, 2.05) is 0 Å². The summed E-state index contributed by atoms with van der Waals surface area (Å²) in [4.78, 5) is 3.03. The lowest BCUT2D eigenvalue weighted by atomic mass is 10.3. The van der Waals surface area contributed by atoms with Crippen LogP contribution in [-0.4, -0.2) is 17.8 Å². The fraction of sp³-hybridized carbons (Fsp3) is 0.833. The molecule has 0 fully saturated rings. The number of alkyl halides is 3. The maximum absolute atomic E-state index is 11.5. The topological polar surface area (TPSA) is 4.36 Å². The fourth-order valence-corrected chi connectivity index (χ4v) is 1.06. The van der Waals surface area contributed by atoms with Gasteiger partial charge in [-0.3, -0.25) is 0 Å². The maximum Gasteiger partial charge on any atom is 0.441 e. The zero-order chi connectivity index (χ0) is 8.74. The van der Waals surface area contributed by atoms with Crippen molar-refractivity contribution >= 4 is 11.8 Å². The third-order valence-corrected chi connectivity index (χ3v) is 1.75. The average molecular weight is 183 g/mol. The molecule has 0 spiro atoms. The van der Waals surface area contributed by atoms with Crippen LogP contribution in [0.2, 0.25) is 0 Å². The zero-order valence-corrected chi connectivity index (χ0v) is 6.63. The number of hydrogen-bond donors (Lipinski definition) is 0. The molecule has 0 aromatic rings. The number of unbranched alkanes of at least 4 members (excludes halogenated alkanes) is 1. The van der Waals surface area contributed by atoms with Gasteiger partial charge in [0, 0.05) is 12.2 Å². The van der Waals surface area contributed by atoms with Crippen LogP contribution in [0.15, 0.2) is 0 Å². The van der Waals surface area contributed by atoms with Gasteiger partial charge in [-0.25, -0.2) is 6.57 Å². The molecular weight excluding hydrogens is 175 g/mol. The summed E-state index contributed by atoms with van der Waals surface area (Å²) in [5, 5.41) is 0. The third-order valence-electron chi connectivity index (χ3n) is 0.930. The van der Waals surface area contributed by atoms with E-state index in [0.717, 1.165) is 0 Å². The van der Waals surface area contributed by atoms with E-state index in [9.17, 15) is 13.2 Å². The number of nitrogens with zero attached hydrogens (tertiary/aromatic N) is 1. The van der Waals surface area contributed by atoms with Gasteiger partial charge >= 0.3 is 5.51 Å². The summed E-state index contributed by atoms with van der Waals surface area (Å²) in [6.45, 7) is 6.69. The van der Waals surface area contributed by atoms with Crippen LogP contribution in [0, 0.1) is 6.57 Å². The van der Waals surface area contributed by atoms with Gasteiger partial charge in [0.2, 0.25) is 6.54 Å². The molecule has 0 atom stereocenters. The summed E-state index contributed by atoms with van der Waals surface area (Å²) in [5.74, 6) is 0.0685. The minimum absolute atomic E-state index is 0.0189. The molecule has 0 bridgehead atoms. The number of rotatable bonds is 4. The van der Waals surface area contributed by atoms with Crippen molar-refractivity contribution in [1.82, 2.24) is 0 Å². The lowest BCUT2D eigenvalue weighted by Gasteiger charge is -2.02. The van der Waals surface area contributed by atoms with Gasteiger partial charge in [0.15, 0.2) is 0 Å². The molecule has 0 aliphatic rings. The molecule has 0 radical (unpaired) electrons. The molecule has 0 aromatic heterocycles. The van der Waals surface area contributed by atoms with Gasteiger partial charge < -0.3 is 4.85 Å². The van der Waals surface area contributed by atoms with Gasteiger partial charge in [-0.2, -0.15) is 13.2 Å². The summed E-state index contributed by atoms with van der Waals surface area (Å²) in [7, 11) is 0. The molecule has 64 valence electrons. The van der Waals surface area contributed by atoms with Crippen molar-refractivity contribution in [2.24, 2.45) is 0 Å². The predicted molar refractivity (Wildman–Crippen MR) is 39.2 cm³/mol. The Bertz CT molecular complexity index is 138. The lowest BCUT2D eigenvalue weighted by Crippen LogP contribution is -2.01. The molecule has 0 saturated heterocycles. The Labute approximate surface area is 67.8 Å². The van der Waals surface area contributed by atoms with Gasteiger partial charge in [-0.15, -0.1) is 0 Å². The van der Waals surface area contributed by atoms with Crippen molar-refractivity contribution in [2.45, 2.75) is 18.3 Å². The Morgan fingerprint density at radius 2 is 1.91 bits per heavy atom. The van der Waals surface area contributed by atoms with Crippen LogP contribution in [0.1, 0.15) is 12.8 Å². The molecule has 0 heterocycles. The number of thioether (sulfide) groups is 1. The Morgan fingerprint density at radius 3 is 2.36 bits per heavy atom. The zero-order valence-electron chi connectivity index (χ0n) is 5.82. The molecule has 1 nitrogen and oxygen atoms in total. The minimum Gasteiger partial charge on any atom is -0.317 e. The van der Waals surface area contributed by atoms with E-state index in [1.165, 1.54) is 0 Å². The molecule has 0 N–H and O–H groups in total. The monoisotopic (exact) mass is 183 g/mol. The van der Waals surface area contributed by atoms with Crippen molar-refractivity contribution in [3.8, 4) is 0 Å². The van der Waals surface area contributed by atoms with Crippen LogP contribution in [0.5, 0.6) is 0 Å². The Balaban J connectivity index is 3.10. The molecule has 5 heteroatoms. The highest BCUT2D eigenvalue weighted by Gasteiger charge is 2.27. The van der Waals surface area contributed by atoms with E-state index < -0.39 is 5.51 Å². The normalized spacial score (nSPS) is 11.1. The number of hydrogen-bond acceptors (Lipinski definition) is 1. The van der Waals surface area contributed by atoms with Crippen LogP contribution >= 0.6 is 11.8 Å². The Hall–Kier alpha value is -0.370. The maximum atomic E-state index is 11.5. The van der Waals surface area contributed by atoms with Crippen LogP contribution < -0.4 is 0 Å². The summed E-state index contributed by atoms with van der Waals surface area (Å²) >= 11 is -0.0189. The highest BCUT2D eigenvalue weighted by Crippen LogP contribution is 2.30. The van der Waals surface area contributed by atoms with Crippen LogP contribution in [0.3, 0.4) is 0 Å². The second-order valence-corrected chi connectivity index (χ2v) is 3.04. The van der Waals surface area contributed by atoms with Crippen molar-refractivity contribution in [3.63, 3.8) is 0 Å². The highest BCUT2D eigenvalue weighted by molar-refractivity contribution is 8.00. The summed E-state index contributed by atoms with van der Waals surface area (Å²) < 4.78 is 34.4. The van der Waals surface area contributed by atoms with Crippen LogP contribution in [0.4, 0.5) is 13.2 Å². The van der Waals surface area contributed by atoms with E-state index >= 15 is 0 Å². The fourth-order valence-electron chi connectivity index (χ4n) is 0.481. The van der Waals surface area contributed by atoms with Crippen molar-refractivity contribution in [3.05, 3.63) is 11.4 Å². The van der Waals surface area contributed by atoms with E-state index in [0.29, 0.717) is 19.4 Å². The Kier molecular flexibility index (Phi) is 5.12. The largest absolute Gasteiger partial charge is 0.441 e. The Morgan fingerprint density at radius 1 is 1.27 bits per heavy atom. The molecular formula is C6H8F3NS. The second-order valence-electron chi connectivity index (χ2n) is 1.88. The summed E-state index contributed by atoms with van der Waals surface area (Å²) in [6.07, 6.45) is 1.03. The molecule has 0 amide bonds. The van der Waals surface area contributed by atoms with Gasteiger partial charge in [-0.1, -0.05) is 11.8 Å². The van der Waals surface area contributed by atoms with Gasteiger partial charge in [0.05, 0.1) is 0 Å². The molecule has 11 heavy (non-hydrogen) atoms. The number of halogens is 3. The van der Waals surface area contributed by atoms with Crippen molar-refractivity contribution in [1.29, 1.82) is 0 Å². The summed E-state index contributed by atoms with van der Waals surface area (Å²) in [5.41, 5.74) is -4.11. The first-order valence-electron chi connectivity index (χ1n) is 3.10. The smallest absolute Gasteiger partial charge is 0.317 e. The first-order valence-corrected chi connectivity index (χ1v) is 4.09. The van der Waals surface area contributed by atoms with E-state index in [-0.39, 0.29) is 17.5 Å². The standard InChI is InChI=1S/C6H8F3NS/c1-10-4-2-3-5-11-6(7,8)9/h2-5H2. The van der Waals surface area contributed by atoms with Gasteiger partial charge in [0.25, 0.3) is 0 Å². The van der Waals surface area contributed by atoms with Crippen molar-refractivity contribution in [2.75, 3.05) is 12.3 Å². The predicted octanol–water partition coefficient (Wildman–Crippen LogP) is 2.94. The first kappa shape index (κ1) is 10.6. The highest BCUT2D eigenvalue weighted by atomic mass is 32.2. The van der Waals surface area contributed by atoms with Crippen LogP contribution in [-0.2, 0) is 0 Å². The second kappa shape index (κ2) is 5.30. The molecule has 0 rings (SSSR count). The SMILES string of the molecule is [C-]#[N+]CCCCSC(F)(F)F. The van der Waals surface area contributed by atoms with E-state index in [1.54, 1.807) is 0 Å². The molecule has 0 saturated carbocycles. The molecule has 0 aliphatic heterocycles. The van der Waals surface area contributed by atoms with Crippen molar-refractivity contribution < 1.29 is 13.2 Å². The average Bonchev–Trinajstić information content (AvgIpc) is 1.85. The lowest BCUT2D eigenvalue weighted by molar-refractivity contribution is -0.0327. The minimum atomic E-state index is -4.11. The van der Waals surface area contributed by atoms with E-state index in [2.05, 4.69) is 4.85 Å². The molecule has 0 aromatic carbocycles. The van der Waals surface area contributed by atoms with Crippen LogP contribution in [0.25, 0.3) is 4.85 Å². The van der Waals surface area contributed by atoms with Gasteiger partial charge in [0.1, 0.15) is 0 Å². The third kappa shape index (κ3) is 9.63. The van der Waals surface area contributed by atoms with Gasteiger partial charge in [-0.05, 0) is 6.42 Å². The summed E-state index contributed by atoms with van der Waals surface area (Å²) in [6, 6.07) is 0. The first-order chi connectivity index (χ1) is 5.06. The molecule has 0 aliphatic carbocycles.